The number of rotatable bonds is 45. The highest BCUT2D eigenvalue weighted by Crippen LogP contribution is 2.33. The van der Waals surface area contributed by atoms with Gasteiger partial charge in [0.05, 0.1) is 38.6 Å². The molecular formula is C60H109NO18. The monoisotopic (exact) mass is 1130 g/mol. The molecule has 3 saturated heterocycles. The maximum Gasteiger partial charge on any atom is 0.220 e. The third-order valence-electron chi connectivity index (χ3n) is 15.4. The van der Waals surface area contributed by atoms with E-state index in [4.69, 9.17) is 28.4 Å². The lowest BCUT2D eigenvalue weighted by Crippen LogP contribution is -2.66. The van der Waals surface area contributed by atoms with Crippen LogP contribution in [0.1, 0.15) is 206 Å². The number of hydrogen-bond donors (Lipinski definition) is 12. The Morgan fingerprint density at radius 1 is 0.443 bits per heavy atom. The van der Waals surface area contributed by atoms with Crippen LogP contribution in [-0.4, -0.2) is 193 Å². The van der Waals surface area contributed by atoms with Crippen LogP contribution in [0.25, 0.3) is 0 Å². The zero-order valence-corrected chi connectivity index (χ0v) is 48.1. The Morgan fingerprint density at radius 3 is 1.27 bits per heavy atom. The molecule has 79 heavy (non-hydrogen) atoms. The lowest BCUT2D eigenvalue weighted by Gasteiger charge is -2.48. The van der Waals surface area contributed by atoms with Crippen molar-refractivity contribution in [2.24, 2.45) is 0 Å². The summed E-state index contributed by atoms with van der Waals surface area (Å²) in [5, 5.41) is 120. The fraction of sp³-hybridized carbons (Fsp3) is 0.883. The molecule has 0 saturated carbocycles. The minimum atomic E-state index is -1.98. The summed E-state index contributed by atoms with van der Waals surface area (Å²) in [5.74, 6) is -0.289. The molecule has 0 bridgehead atoms. The number of carbonyl (C=O) groups is 1. The van der Waals surface area contributed by atoms with E-state index in [1.165, 1.54) is 128 Å². The van der Waals surface area contributed by atoms with Gasteiger partial charge in [0, 0.05) is 6.42 Å². The lowest BCUT2D eigenvalue weighted by atomic mass is 9.96. The normalized spacial score (nSPS) is 30.5. The van der Waals surface area contributed by atoms with Crippen molar-refractivity contribution in [2.45, 2.75) is 311 Å². The number of allylic oxidation sites excluding steroid dienone is 5. The van der Waals surface area contributed by atoms with Crippen LogP contribution in [-0.2, 0) is 33.2 Å². The van der Waals surface area contributed by atoms with Gasteiger partial charge < -0.3 is 89.9 Å². The van der Waals surface area contributed by atoms with Gasteiger partial charge >= 0.3 is 0 Å². The Hall–Kier alpha value is -1.99. The van der Waals surface area contributed by atoms with Crippen LogP contribution in [0.2, 0.25) is 0 Å². The molecule has 3 heterocycles. The van der Waals surface area contributed by atoms with Crippen molar-refractivity contribution in [2.75, 3.05) is 26.4 Å². The van der Waals surface area contributed by atoms with Gasteiger partial charge in [-0.2, -0.15) is 0 Å². The Kier molecular flexibility index (Phi) is 39.4. The highest BCUT2D eigenvalue weighted by molar-refractivity contribution is 5.76. The number of aliphatic hydroxyl groups excluding tert-OH is 11. The van der Waals surface area contributed by atoms with Crippen LogP contribution >= 0.6 is 0 Å². The van der Waals surface area contributed by atoms with Crippen LogP contribution in [0.5, 0.6) is 0 Å². The third kappa shape index (κ3) is 27.5. The van der Waals surface area contributed by atoms with E-state index in [2.05, 4.69) is 43.5 Å². The Morgan fingerprint density at radius 2 is 0.810 bits per heavy atom. The van der Waals surface area contributed by atoms with Gasteiger partial charge in [0.1, 0.15) is 73.2 Å². The SMILES string of the molecule is CCCCCCCCCCC/C=C/CC/C=C/CC/C=C/C(O)C(COC1OC(CO)C(OC2OC(CO)C(OC3OC(CO)C(O)C(O)C3O)C(O)C2O)C(O)C1O)NC(=O)CCCCCCCCCCCCCCCCC. The van der Waals surface area contributed by atoms with E-state index in [0.717, 1.165) is 44.9 Å². The first kappa shape index (κ1) is 71.3. The molecule has 0 aromatic carbocycles. The molecule has 17 atom stereocenters. The maximum absolute atomic E-state index is 13.3. The summed E-state index contributed by atoms with van der Waals surface area (Å²) in [6.07, 6.45) is 19.8. The maximum atomic E-state index is 13.3. The average Bonchev–Trinajstić information content (AvgIpc) is 3.57. The summed E-state index contributed by atoms with van der Waals surface area (Å²) >= 11 is 0. The van der Waals surface area contributed by atoms with Gasteiger partial charge in [0.15, 0.2) is 18.9 Å². The highest BCUT2D eigenvalue weighted by Gasteiger charge is 2.53. The molecule has 12 N–H and O–H groups in total. The summed E-state index contributed by atoms with van der Waals surface area (Å²) < 4.78 is 34.2. The molecule has 3 aliphatic heterocycles. The smallest absolute Gasteiger partial charge is 0.220 e. The molecule has 0 radical (unpaired) electrons. The molecule has 0 spiro atoms. The minimum absolute atomic E-state index is 0.235. The lowest BCUT2D eigenvalue weighted by molar-refractivity contribution is -0.379. The number of amides is 1. The quantitative estimate of drug-likeness (QED) is 0.0257. The zero-order chi connectivity index (χ0) is 57.6. The molecule has 3 fully saturated rings. The number of ether oxygens (including phenoxy) is 6. The second kappa shape index (κ2) is 43.6. The Labute approximate surface area is 472 Å². The van der Waals surface area contributed by atoms with E-state index < -0.39 is 124 Å². The summed E-state index contributed by atoms with van der Waals surface area (Å²) in [4.78, 5) is 13.3. The largest absolute Gasteiger partial charge is 0.394 e. The third-order valence-corrected chi connectivity index (χ3v) is 15.4. The van der Waals surface area contributed by atoms with Crippen LogP contribution in [0.3, 0.4) is 0 Å². The first-order valence-corrected chi connectivity index (χ1v) is 30.7. The second-order valence-corrected chi connectivity index (χ2v) is 22.2. The molecule has 19 heteroatoms. The molecule has 1 amide bonds. The summed E-state index contributed by atoms with van der Waals surface area (Å²) in [6.45, 7) is 1.69. The van der Waals surface area contributed by atoms with Gasteiger partial charge in [-0.3, -0.25) is 4.79 Å². The molecule has 3 rings (SSSR count). The average molecular weight is 1130 g/mol. The summed E-state index contributed by atoms with van der Waals surface area (Å²) in [5.41, 5.74) is 0. The fourth-order valence-electron chi connectivity index (χ4n) is 10.3. The summed E-state index contributed by atoms with van der Waals surface area (Å²) in [7, 11) is 0. The van der Waals surface area contributed by atoms with E-state index in [1.807, 2.05) is 6.08 Å². The standard InChI is InChI=1S/C60H109NO18/c1-3-5-7-9-11-13-15-17-19-20-21-22-24-25-27-29-31-33-35-37-44(65)43(61-48(66)38-36-34-32-30-28-26-23-18-16-14-12-10-8-6-4-2)42-74-58-54(72)51(69)56(46(40-63)76-58)79-60-55(73)52(70)57(47(41-64)77-60)78-59-53(71)50(68)49(67)45(39-62)75-59/h21-22,27,29,35,37,43-47,49-60,62-65,67-73H,3-20,23-26,28,30-34,36,38-42H2,1-2H3,(H,61,66)/b22-21+,29-27+,37-35+. The van der Waals surface area contributed by atoms with Gasteiger partial charge in [-0.15, -0.1) is 0 Å². The molecule has 3 aliphatic rings. The van der Waals surface area contributed by atoms with Crippen molar-refractivity contribution in [1.82, 2.24) is 5.32 Å². The molecule has 0 aromatic rings. The van der Waals surface area contributed by atoms with Crippen LogP contribution in [0.4, 0.5) is 0 Å². The zero-order valence-electron chi connectivity index (χ0n) is 48.1. The van der Waals surface area contributed by atoms with Crippen molar-refractivity contribution >= 4 is 5.91 Å². The number of carbonyl (C=O) groups excluding carboxylic acids is 1. The molecule has 0 aromatic heterocycles. The topological polar surface area (TPSA) is 307 Å². The number of nitrogens with one attached hydrogen (secondary N) is 1. The predicted molar refractivity (Wildman–Crippen MR) is 300 cm³/mol. The van der Waals surface area contributed by atoms with Gasteiger partial charge in [-0.25, -0.2) is 0 Å². The second-order valence-electron chi connectivity index (χ2n) is 22.2. The van der Waals surface area contributed by atoms with Gasteiger partial charge in [-0.1, -0.05) is 192 Å². The van der Waals surface area contributed by atoms with E-state index in [0.29, 0.717) is 12.8 Å². The molecular weight excluding hydrogens is 1020 g/mol. The van der Waals surface area contributed by atoms with Gasteiger partial charge in [0.2, 0.25) is 5.91 Å². The number of hydrogen-bond acceptors (Lipinski definition) is 18. The molecule has 0 aliphatic carbocycles. The molecule has 462 valence electrons. The van der Waals surface area contributed by atoms with Crippen molar-refractivity contribution in [3.63, 3.8) is 0 Å². The first-order chi connectivity index (χ1) is 38.3. The van der Waals surface area contributed by atoms with Crippen molar-refractivity contribution in [3.8, 4) is 0 Å². The number of aliphatic hydroxyl groups is 11. The van der Waals surface area contributed by atoms with Gasteiger partial charge in [0.25, 0.3) is 0 Å². The van der Waals surface area contributed by atoms with Crippen molar-refractivity contribution < 1.29 is 89.4 Å². The van der Waals surface area contributed by atoms with E-state index in [9.17, 15) is 61.0 Å². The van der Waals surface area contributed by atoms with E-state index >= 15 is 0 Å². The highest BCUT2D eigenvalue weighted by atomic mass is 16.8. The van der Waals surface area contributed by atoms with Crippen molar-refractivity contribution in [3.05, 3.63) is 36.5 Å². The fourth-order valence-corrected chi connectivity index (χ4v) is 10.3. The van der Waals surface area contributed by atoms with Crippen molar-refractivity contribution in [1.29, 1.82) is 0 Å². The minimum Gasteiger partial charge on any atom is -0.394 e. The first-order valence-electron chi connectivity index (χ1n) is 30.7. The number of unbranched alkanes of at least 4 members (excludes halogenated alkanes) is 25. The van der Waals surface area contributed by atoms with E-state index in [1.54, 1.807) is 6.08 Å². The van der Waals surface area contributed by atoms with Crippen LogP contribution < -0.4 is 5.32 Å². The van der Waals surface area contributed by atoms with Crippen LogP contribution in [0.15, 0.2) is 36.5 Å². The molecule has 17 unspecified atom stereocenters. The Bertz CT molecular complexity index is 1590. The molecule has 19 nitrogen and oxygen atoms in total. The van der Waals surface area contributed by atoms with Crippen LogP contribution in [0, 0.1) is 0 Å². The predicted octanol–water partition coefficient (Wildman–Crippen LogP) is 5.71. The van der Waals surface area contributed by atoms with Gasteiger partial charge in [-0.05, 0) is 44.9 Å². The Balaban J connectivity index is 1.52. The van der Waals surface area contributed by atoms with E-state index in [-0.39, 0.29) is 18.9 Å². The summed E-state index contributed by atoms with van der Waals surface area (Å²) in [6, 6.07) is -0.992.